The Morgan fingerprint density at radius 2 is 2.14 bits per heavy atom. The molecule has 0 saturated carbocycles. The molecule has 3 aromatic rings. The average Bonchev–Trinajstić information content (AvgIpc) is 2.95. The molecule has 110 valence electrons. The molecule has 1 N–H and O–H groups in total. The molecule has 22 heavy (non-hydrogen) atoms. The molecule has 1 amide bonds. The molecule has 3 rings (SSSR count). The summed E-state index contributed by atoms with van der Waals surface area (Å²) in [7, 11) is 1.86. The number of aromatic nitrogens is 4. The molecule has 6 nitrogen and oxygen atoms in total. The highest BCUT2D eigenvalue weighted by atomic mass is 16.1. The lowest BCUT2D eigenvalue weighted by Crippen LogP contribution is -2.23. The monoisotopic (exact) mass is 293 g/mol. The lowest BCUT2D eigenvalue weighted by Gasteiger charge is -2.02. The predicted molar refractivity (Wildman–Crippen MR) is 81.8 cm³/mol. The van der Waals surface area contributed by atoms with Crippen LogP contribution in [0, 0.1) is 0 Å². The van der Waals surface area contributed by atoms with Gasteiger partial charge in [0.1, 0.15) is 0 Å². The maximum absolute atomic E-state index is 12.0. The van der Waals surface area contributed by atoms with Crippen LogP contribution in [0.3, 0.4) is 0 Å². The van der Waals surface area contributed by atoms with Crippen molar-refractivity contribution >= 4 is 5.91 Å². The first kappa shape index (κ1) is 13.9. The Morgan fingerprint density at radius 3 is 2.86 bits per heavy atom. The van der Waals surface area contributed by atoms with E-state index < -0.39 is 0 Å². The van der Waals surface area contributed by atoms with Gasteiger partial charge >= 0.3 is 0 Å². The van der Waals surface area contributed by atoms with Crippen LogP contribution in [-0.2, 0) is 13.6 Å². The minimum atomic E-state index is -0.168. The van der Waals surface area contributed by atoms with Crippen LogP contribution in [-0.4, -0.2) is 25.7 Å². The number of amides is 1. The van der Waals surface area contributed by atoms with Crippen molar-refractivity contribution in [3.05, 3.63) is 66.2 Å². The smallest absolute Gasteiger partial charge is 0.253 e. The highest BCUT2D eigenvalue weighted by Gasteiger charge is 2.10. The average molecular weight is 293 g/mol. The molecule has 0 fully saturated rings. The van der Waals surface area contributed by atoms with Gasteiger partial charge in [-0.05, 0) is 30.3 Å². The summed E-state index contributed by atoms with van der Waals surface area (Å²) in [5, 5.41) is 7.23. The molecule has 6 heteroatoms. The number of nitrogens with one attached hydrogen (secondary N) is 1. The van der Waals surface area contributed by atoms with Gasteiger partial charge in [0.25, 0.3) is 5.91 Å². The largest absolute Gasteiger partial charge is 0.346 e. The van der Waals surface area contributed by atoms with Crippen LogP contribution in [0.1, 0.15) is 16.1 Å². The molecular formula is C16H15N5O. The third-order valence-corrected chi connectivity index (χ3v) is 3.21. The van der Waals surface area contributed by atoms with E-state index in [1.807, 2.05) is 31.3 Å². The fraction of sp³-hybridized carbons (Fsp3) is 0.125. The van der Waals surface area contributed by atoms with Crippen molar-refractivity contribution in [1.82, 2.24) is 25.1 Å². The van der Waals surface area contributed by atoms with Crippen molar-refractivity contribution < 1.29 is 4.79 Å². The van der Waals surface area contributed by atoms with Crippen molar-refractivity contribution in [3.63, 3.8) is 0 Å². The first-order chi connectivity index (χ1) is 10.7. The highest BCUT2D eigenvalue weighted by molar-refractivity contribution is 5.93. The van der Waals surface area contributed by atoms with Crippen molar-refractivity contribution in [2.24, 2.45) is 7.05 Å². The first-order valence-corrected chi connectivity index (χ1v) is 6.86. The van der Waals surface area contributed by atoms with Crippen LogP contribution in [0.2, 0.25) is 0 Å². The second-order valence-corrected chi connectivity index (χ2v) is 4.78. The Bertz CT molecular complexity index is 768. The minimum Gasteiger partial charge on any atom is -0.346 e. The molecule has 0 radical (unpaired) electrons. The normalized spacial score (nSPS) is 10.4. The molecule has 0 aliphatic rings. The molecular weight excluding hydrogens is 278 g/mol. The van der Waals surface area contributed by atoms with Gasteiger partial charge in [0.15, 0.2) is 0 Å². The third-order valence-electron chi connectivity index (χ3n) is 3.21. The summed E-state index contributed by atoms with van der Waals surface area (Å²) in [6.45, 7) is 0.356. The van der Waals surface area contributed by atoms with E-state index >= 15 is 0 Å². The lowest BCUT2D eigenvalue weighted by atomic mass is 10.2. The molecule has 3 heterocycles. The maximum Gasteiger partial charge on any atom is 0.253 e. The number of aryl methyl sites for hydroxylation is 1. The second-order valence-electron chi connectivity index (χ2n) is 4.78. The highest BCUT2D eigenvalue weighted by Crippen LogP contribution is 2.16. The van der Waals surface area contributed by atoms with Crippen LogP contribution in [0.5, 0.6) is 0 Å². The number of rotatable bonds is 4. The van der Waals surface area contributed by atoms with Gasteiger partial charge in [-0.25, -0.2) is 0 Å². The van der Waals surface area contributed by atoms with E-state index in [9.17, 15) is 4.79 Å². The summed E-state index contributed by atoms with van der Waals surface area (Å²) in [4.78, 5) is 20.2. The van der Waals surface area contributed by atoms with Crippen LogP contribution >= 0.6 is 0 Å². The van der Waals surface area contributed by atoms with E-state index in [1.54, 1.807) is 29.2 Å². The van der Waals surface area contributed by atoms with Gasteiger partial charge in [-0.3, -0.25) is 19.4 Å². The number of nitrogens with zero attached hydrogens (tertiary/aromatic N) is 4. The van der Waals surface area contributed by atoms with E-state index in [2.05, 4.69) is 20.4 Å². The lowest BCUT2D eigenvalue weighted by molar-refractivity contribution is 0.0950. The quantitative estimate of drug-likeness (QED) is 0.796. The summed E-state index contributed by atoms with van der Waals surface area (Å²) in [6, 6.07) is 11.1. The zero-order chi connectivity index (χ0) is 15.4. The van der Waals surface area contributed by atoms with E-state index in [-0.39, 0.29) is 5.91 Å². The van der Waals surface area contributed by atoms with Gasteiger partial charge in [-0.15, -0.1) is 0 Å². The molecule has 0 aliphatic heterocycles. The van der Waals surface area contributed by atoms with Crippen LogP contribution in [0.15, 0.2) is 55.0 Å². The van der Waals surface area contributed by atoms with Gasteiger partial charge in [-0.1, -0.05) is 6.07 Å². The SMILES string of the molecule is Cn1nc(CNC(=O)c2cccnc2)cc1-c1ccccn1. The molecule has 0 unspecified atom stereocenters. The van der Waals surface area contributed by atoms with Crippen molar-refractivity contribution in [1.29, 1.82) is 0 Å². The van der Waals surface area contributed by atoms with E-state index in [0.29, 0.717) is 12.1 Å². The van der Waals surface area contributed by atoms with Gasteiger partial charge < -0.3 is 5.32 Å². The number of carbonyl (C=O) groups is 1. The number of pyridine rings is 2. The molecule has 0 spiro atoms. The van der Waals surface area contributed by atoms with Gasteiger partial charge in [0.05, 0.1) is 29.2 Å². The Morgan fingerprint density at radius 1 is 1.23 bits per heavy atom. The number of carbonyl (C=O) groups excluding carboxylic acids is 1. The van der Waals surface area contributed by atoms with Crippen molar-refractivity contribution in [3.8, 4) is 11.4 Å². The first-order valence-electron chi connectivity index (χ1n) is 6.86. The zero-order valence-electron chi connectivity index (χ0n) is 12.1. The molecule has 0 aromatic carbocycles. The summed E-state index contributed by atoms with van der Waals surface area (Å²) in [6.07, 6.45) is 4.91. The van der Waals surface area contributed by atoms with Crippen molar-refractivity contribution in [2.45, 2.75) is 6.54 Å². The van der Waals surface area contributed by atoms with Crippen LogP contribution in [0.25, 0.3) is 11.4 Å². The third kappa shape index (κ3) is 3.01. The van der Waals surface area contributed by atoms with E-state index in [1.165, 1.54) is 6.20 Å². The fourth-order valence-corrected chi connectivity index (χ4v) is 2.14. The van der Waals surface area contributed by atoms with Crippen molar-refractivity contribution in [2.75, 3.05) is 0 Å². The van der Waals surface area contributed by atoms with Crippen LogP contribution < -0.4 is 5.32 Å². The molecule has 3 aromatic heterocycles. The number of hydrogen-bond donors (Lipinski definition) is 1. The minimum absolute atomic E-state index is 0.168. The zero-order valence-corrected chi connectivity index (χ0v) is 12.1. The maximum atomic E-state index is 12.0. The molecule has 0 saturated heterocycles. The van der Waals surface area contributed by atoms with E-state index in [4.69, 9.17) is 0 Å². The summed E-state index contributed by atoms with van der Waals surface area (Å²) >= 11 is 0. The number of hydrogen-bond acceptors (Lipinski definition) is 4. The second kappa shape index (κ2) is 6.17. The van der Waals surface area contributed by atoms with E-state index in [0.717, 1.165) is 17.1 Å². The summed E-state index contributed by atoms with van der Waals surface area (Å²) in [5.74, 6) is -0.168. The predicted octanol–water partition coefficient (Wildman–Crippen LogP) is 1.81. The van der Waals surface area contributed by atoms with Gasteiger partial charge in [-0.2, -0.15) is 5.10 Å². The van der Waals surface area contributed by atoms with Crippen LogP contribution in [0.4, 0.5) is 0 Å². The molecule has 0 bridgehead atoms. The Balaban J connectivity index is 1.71. The summed E-state index contributed by atoms with van der Waals surface area (Å²) in [5.41, 5.74) is 3.07. The van der Waals surface area contributed by atoms with Gasteiger partial charge in [0.2, 0.25) is 0 Å². The standard InChI is InChI=1S/C16H15N5O/c1-21-15(14-6-2-3-8-18-14)9-13(20-21)11-19-16(22)12-5-4-7-17-10-12/h2-10H,11H2,1H3,(H,19,22). The Kier molecular flexibility index (Phi) is 3.91. The fourth-order valence-electron chi connectivity index (χ4n) is 2.14. The molecule has 0 atom stereocenters. The summed E-state index contributed by atoms with van der Waals surface area (Å²) < 4.78 is 1.76. The van der Waals surface area contributed by atoms with Gasteiger partial charge in [0, 0.05) is 25.6 Å². The Labute approximate surface area is 127 Å². The molecule has 0 aliphatic carbocycles. The Hall–Kier alpha value is -3.02. The topological polar surface area (TPSA) is 72.7 Å².